The minimum Gasteiger partial charge on any atom is -0.481 e. The lowest BCUT2D eigenvalue weighted by Crippen LogP contribution is -2.44. The maximum atomic E-state index is 13.4. The molecule has 0 amide bonds. The predicted octanol–water partition coefficient (Wildman–Crippen LogP) is 2.07. The van der Waals surface area contributed by atoms with Crippen molar-refractivity contribution in [3.63, 3.8) is 0 Å². The molecule has 5 heteroatoms. The summed E-state index contributed by atoms with van der Waals surface area (Å²) in [5.74, 6) is -4.53. The Morgan fingerprint density at radius 2 is 1.94 bits per heavy atom. The molecule has 1 fully saturated rings. The maximum absolute atomic E-state index is 13.4. The molecule has 1 heterocycles. The third-order valence-electron chi connectivity index (χ3n) is 3.22. The monoisotopic (exact) mass is 235 g/mol. The fraction of sp³-hybridized carbons (Fsp3) is 0.909. The van der Waals surface area contributed by atoms with Crippen LogP contribution in [0.2, 0.25) is 0 Å². The SMILES string of the molecule is CC(C)C(F)(F)CN1CCC(C(=O)O)CC1. The van der Waals surface area contributed by atoms with E-state index in [0.717, 1.165) is 0 Å². The molecule has 0 bridgehead atoms. The molecule has 1 rings (SSSR count). The van der Waals surface area contributed by atoms with Gasteiger partial charge in [0.2, 0.25) is 0 Å². The highest BCUT2D eigenvalue weighted by molar-refractivity contribution is 5.70. The molecule has 0 aromatic heterocycles. The summed E-state index contributed by atoms with van der Waals surface area (Å²) in [6.07, 6.45) is 0.951. The Hall–Kier alpha value is -0.710. The largest absolute Gasteiger partial charge is 0.481 e. The average molecular weight is 235 g/mol. The van der Waals surface area contributed by atoms with Crippen molar-refractivity contribution in [3.8, 4) is 0 Å². The van der Waals surface area contributed by atoms with Crippen molar-refractivity contribution in [1.82, 2.24) is 4.90 Å². The quantitative estimate of drug-likeness (QED) is 0.811. The Bertz CT molecular complexity index is 248. The molecule has 1 N–H and O–H groups in total. The predicted molar refractivity (Wildman–Crippen MR) is 56.6 cm³/mol. The lowest BCUT2D eigenvalue weighted by atomic mass is 9.96. The van der Waals surface area contributed by atoms with Gasteiger partial charge in [-0.2, -0.15) is 0 Å². The number of hydrogen-bond donors (Lipinski definition) is 1. The summed E-state index contributed by atoms with van der Waals surface area (Å²) < 4.78 is 26.9. The molecule has 16 heavy (non-hydrogen) atoms. The van der Waals surface area contributed by atoms with Crippen LogP contribution in [0.5, 0.6) is 0 Å². The Kier molecular flexibility index (Phi) is 4.24. The van der Waals surface area contributed by atoms with Gasteiger partial charge in [0.15, 0.2) is 0 Å². The van der Waals surface area contributed by atoms with Crippen LogP contribution in [0.1, 0.15) is 26.7 Å². The second-order valence-electron chi connectivity index (χ2n) is 4.80. The third kappa shape index (κ3) is 3.40. The number of carboxylic acids is 1. The van der Waals surface area contributed by atoms with Crippen molar-refractivity contribution in [3.05, 3.63) is 0 Å². The van der Waals surface area contributed by atoms with Gasteiger partial charge in [-0.25, -0.2) is 8.78 Å². The molecule has 94 valence electrons. The highest BCUT2D eigenvalue weighted by Crippen LogP contribution is 2.27. The summed E-state index contributed by atoms with van der Waals surface area (Å²) in [6.45, 7) is 3.67. The van der Waals surface area contributed by atoms with Crippen LogP contribution in [-0.4, -0.2) is 41.5 Å². The van der Waals surface area contributed by atoms with Crippen LogP contribution in [0.3, 0.4) is 0 Å². The first-order valence-electron chi connectivity index (χ1n) is 5.66. The van der Waals surface area contributed by atoms with Gasteiger partial charge < -0.3 is 5.11 Å². The number of alkyl halides is 2. The van der Waals surface area contributed by atoms with Crippen LogP contribution in [0.15, 0.2) is 0 Å². The number of aliphatic carboxylic acids is 1. The van der Waals surface area contributed by atoms with Crippen molar-refractivity contribution >= 4 is 5.97 Å². The van der Waals surface area contributed by atoms with Gasteiger partial charge in [-0.3, -0.25) is 9.69 Å². The van der Waals surface area contributed by atoms with E-state index in [1.807, 2.05) is 0 Å². The molecule has 0 spiro atoms. The molecular formula is C11H19F2NO2. The molecule has 1 aliphatic rings. The van der Waals surface area contributed by atoms with Gasteiger partial charge in [0.1, 0.15) is 0 Å². The van der Waals surface area contributed by atoms with Crippen molar-refractivity contribution in [1.29, 1.82) is 0 Å². The van der Waals surface area contributed by atoms with Crippen LogP contribution < -0.4 is 0 Å². The topological polar surface area (TPSA) is 40.5 Å². The fourth-order valence-electron chi connectivity index (χ4n) is 1.82. The molecule has 1 aliphatic heterocycles. The molecule has 1 saturated heterocycles. The van der Waals surface area contributed by atoms with Crippen LogP contribution in [0.4, 0.5) is 8.78 Å². The van der Waals surface area contributed by atoms with Crippen LogP contribution in [0.25, 0.3) is 0 Å². The molecule has 0 unspecified atom stereocenters. The van der Waals surface area contributed by atoms with E-state index in [0.29, 0.717) is 25.9 Å². The standard InChI is InChI=1S/C11H19F2NO2/c1-8(2)11(12,13)7-14-5-3-9(4-6-14)10(15)16/h8-9H,3-7H2,1-2H3,(H,15,16). The van der Waals surface area contributed by atoms with E-state index >= 15 is 0 Å². The number of likely N-dealkylation sites (tertiary alicyclic amines) is 1. The molecule has 0 saturated carbocycles. The zero-order valence-electron chi connectivity index (χ0n) is 9.75. The van der Waals surface area contributed by atoms with E-state index in [9.17, 15) is 13.6 Å². The zero-order valence-corrected chi connectivity index (χ0v) is 9.75. The van der Waals surface area contributed by atoms with Gasteiger partial charge in [0.25, 0.3) is 5.92 Å². The van der Waals surface area contributed by atoms with E-state index in [1.54, 1.807) is 4.90 Å². The summed E-state index contributed by atoms with van der Waals surface area (Å²) in [5.41, 5.74) is 0. The molecule has 3 nitrogen and oxygen atoms in total. The first kappa shape index (κ1) is 13.4. The van der Waals surface area contributed by atoms with Gasteiger partial charge in [-0.15, -0.1) is 0 Å². The number of carbonyl (C=O) groups is 1. The molecule has 0 aliphatic carbocycles. The number of hydrogen-bond acceptors (Lipinski definition) is 2. The summed E-state index contributed by atoms with van der Waals surface area (Å²) >= 11 is 0. The van der Waals surface area contributed by atoms with E-state index in [1.165, 1.54) is 13.8 Å². The molecule has 0 aromatic rings. The molecule has 0 atom stereocenters. The summed E-state index contributed by atoms with van der Waals surface area (Å²) in [7, 11) is 0. The lowest BCUT2D eigenvalue weighted by Gasteiger charge is -2.33. The van der Waals surface area contributed by atoms with Gasteiger partial charge >= 0.3 is 5.97 Å². The lowest BCUT2D eigenvalue weighted by molar-refractivity contribution is -0.143. The minimum absolute atomic E-state index is 0.253. The summed E-state index contributed by atoms with van der Waals surface area (Å²) in [5, 5.41) is 8.78. The van der Waals surface area contributed by atoms with Gasteiger partial charge in [0.05, 0.1) is 12.5 Å². The second-order valence-corrected chi connectivity index (χ2v) is 4.80. The fourth-order valence-corrected chi connectivity index (χ4v) is 1.82. The van der Waals surface area contributed by atoms with E-state index < -0.39 is 17.8 Å². The van der Waals surface area contributed by atoms with Gasteiger partial charge in [0, 0.05) is 5.92 Å². The van der Waals surface area contributed by atoms with Crippen molar-refractivity contribution in [2.45, 2.75) is 32.6 Å². The van der Waals surface area contributed by atoms with Crippen LogP contribution in [0, 0.1) is 11.8 Å². The summed E-state index contributed by atoms with van der Waals surface area (Å²) in [4.78, 5) is 12.4. The van der Waals surface area contributed by atoms with Gasteiger partial charge in [-0.1, -0.05) is 13.8 Å². The van der Waals surface area contributed by atoms with Gasteiger partial charge in [-0.05, 0) is 25.9 Å². The van der Waals surface area contributed by atoms with Crippen molar-refractivity contribution in [2.24, 2.45) is 11.8 Å². The normalized spacial score (nSPS) is 20.3. The number of halogens is 2. The average Bonchev–Trinajstić information content (AvgIpc) is 2.17. The number of nitrogens with zero attached hydrogens (tertiary/aromatic N) is 1. The first-order valence-corrected chi connectivity index (χ1v) is 5.66. The Morgan fingerprint density at radius 3 is 2.31 bits per heavy atom. The number of carboxylic acid groups (broad SMARTS) is 1. The third-order valence-corrected chi connectivity index (χ3v) is 3.22. The highest BCUT2D eigenvalue weighted by Gasteiger charge is 2.37. The second kappa shape index (κ2) is 5.08. The molecule has 0 radical (unpaired) electrons. The Labute approximate surface area is 94.4 Å². The van der Waals surface area contributed by atoms with E-state index in [4.69, 9.17) is 5.11 Å². The van der Waals surface area contributed by atoms with Crippen LogP contribution in [-0.2, 0) is 4.79 Å². The number of piperidine rings is 1. The van der Waals surface area contributed by atoms with Crippen molar-refractivity contribution < 1.29 is 18.7 Å². The zero-order chi connectivity index (χ0) is 12.3. The molecular weight excluding hydrogens is 216 g/mol. The summed E-state index contributed by atoms with van der Waals surface area (Å²) in [6, 6.07) is 0. The van der Waals surface area contributed by atoms with E-state index in [-0.39, 0.29) is 12.5 Å². The minimum atomic E-state index is -2.68. The highest BCUT2D eigenvalue weighted by atomic mass is 19.3. The number of rotatable bonds is 4. The first-order chi connectivity index (χ1) is 7.33. The Morgan fingerprint density at radius 1 is 1.44 bits per heavy atom. The smallest absolute Gasteiger partial charge is 0.306 e. The van der Waals surface area contributed by atoms with E-state index in [2.05, 4.69) is 0 Å². The molecule has 0 aromatic carbocycles. The Balaban J connectivity index is 2.40. The van der Waals surface area contributed by atoms with Crippen LogP contribution >= 0.6 is 0 Å². The maximum Gasteiger partial charge on any atom is 0.306 e. The van der Waals surface area contributed by atoms with Crippen molar-refractivity contribution in [2.75, 3.05) is 19.6 Å².